The Bertz CT molecular complexity index is 725. The summed E-state index contributed by atoms with van der Waals surface area (Å²) in [7, 11) is 1.86. The van der Waals surface area contributed by atoms with Crippen LogP contribution in [0.4, 0.5) is 19.1 Å². The maximum atomic E-state index is 13.0. The highest BCUT2D eigenvalue weighted by Crippen LogP contribution is 2.33. The monoisotopic (exact) mass is 355 g/mol. The van der Waals surface area contributed by atoms with Gasteiger partial charge in [0.2, 0.25) is 5.95 Å². The van der Waals surface area contributed by atoms with Crippen LogP contribution in [0, 0.1) is 12.8 Å². The number of hydrogen-bond acceptors (Lipinski definition) is 5. The minimum Gasteiger partial charge on any atom is -0.381 e. The molecule has 1 N–H and O–H groups in total. The highest BCUT2D eigenvalue weighted by Gasteiger charge is 2.34. The van der Waals surface area contributed by atoms with E-state index >= 15 is 0 Å². The summed E-state index contributed by atoms with van der Waals surface area (Å²) in [6.45, 7) is 2.76. The Labute approximate surface area is 143 Å². The molecule has 0 saturated carbocycles. The predicted molar refractivity (Wildman–Crippen MR) is 84.9 cm³/mol. The zero-order valence-corrected chi connectivity index (χ0v) is 14.0. The highest BCUT2D eigenvalue weighted by molar-refractivity contribution is 5.32. The van der Waals surface area contributed by atoms with E-state index in [0.29, 0.717) is 13.2 Å². The summed E-state index contributed by atoms with van der Waals surface area (Å²) < 4.78 is 46.3. The molecule has 25 heavy (non-hydrogen) atoms. The summed E-state index contributed by atoms with van der Waals surface area (Å²) in [5.41, 5.74) is -0.691. The summed E-state index contributed by atoms with van der Waals surface area (Å²) in [5, 5.41) is 3.08. The number of aryl methyl sites for hydroxylation is 2. The van der Waals surface area contributed by atoms with Crippen molar-refractivity contribution in [2.24, 2.45) is 13.0 Å². The molecule has 9 heteroatoms. The molecule has 0 radical (unpaired) electrons. The SMILES string of the molecule is Cc1cc(C(F)(F)F)nc(NC(c2nccn2C)C2CCOCC2)n1. The topological polar surface area (TPSA) is 64.9 Å². The standard InChI is InChI=1S/C16H20F3N5O/c1-10-9-12(16(17,18)19)22-15(21-10)23-13(11-3-7-25-8-4-11)14-20-5-6-24(14)2/h5-6,9,11,13H,3-4,7-8H2,1-2H3,(H,21,22,23). The lowest BCUT2D eigenvalue weighted by Crippen LogP contribution is -2.30. The van der Waals surface area contributed by atoms with Crippen molar-refractivity contribution in [3.63, 3.8) is 0 Å². The molecule has 1 aliphatic heterocycles. The first kappa shape index (κ1) is 17.7. The van der Waals surface area contributed by atoms with Crippen molar-refractivity contribution in [1.82, 2.24) is 19.5 Å². The lowest BCUT2D eigenvalue weighted by Gasteiger charge is -2.30. The number of imidazole rings is 1. The van der Waals surface area contributed by atoms with Gasteiger partial charge in [-0.25, -0.2) is 15.0 Å². The van der Waals surface area contributed by atoms with E-state index in [-0.39, 0.29) is 23.6 Å². The van der Waals surface area contributed by atoms with Crippen LogP contribution in [0.3, 0.4) is 0 Å². The Balaban J connectivity index is 1.93. The first-order chi connectivity index (χ1) is 11.8. The Morgan fingerprint density at radius 1 is 1.28 bits per heavy atom. The predicted octanol–water partition coefficient (Wildman–Crippen LogP) is 3.12. The largest absolute Gasteiger partial charge is 0.433 e. The van der Waals surface area contributed by atoms with Crippen LogP contribution >= 0.6 is 0 Å². The third-order valence-electron chi connectivity index (χ3n) is 4.30. The number of alkyl halides is 3. The van der Waals surface area contributed by atoms with Gasteiger partial charge in [0.1, 0.15) is 11.5 Å². The molecule has 136 valence electrons. The number of ether oxygens (including phenoxy) is 1. The quantitative estimate of drug-likeness (QED) is 0.913. The zero-order chi connectivity index (χ0) is 18.0. The van der Waals surface area contributed by atoms with E-state index in [1.807, 2.05) is 17.8 Å². The van der Waals surface area contributed by atoms with Crippen molar-refractivity contribution in [1.29, 1.82) is 0 Å². The van der Waals surface area contributed by atoms with Crippen molar-refractivity contribution < 1.29 is 17.9 Å². The molecule has 2 aromatic rings. The van der Waals surface area contributed by atoms with Gasteiger partial charge in [0.15, 0.2) is 0 Å². The summed E-state index contributed by atoms with van der Waals surface area (Å²) in [4.78, 5) is 12.2. The van der Waals surface area contributed by atoms with Crippen LogP contribution in [-0.2, 0) is 18.0 Å². The molecule has 0 aliphatic carbocycles. The number of hydrogen-bond donors (Lipinski definition) is 1. The van der Waals surface area contributed by atoms with Crippen molar-refractivity contribution in [3.05, 3.63) is 35.7 Å². The molecule has 0 spiro atoms. The second kappa shape index (κ2) is 6.99. The van der Waals surface area contributed by atoms with Crippen molar-refractivity contribution in [3.8, 4) is 0 Å². The third kappa shape index (κ3) is 4.09. The lowest BCUT2D eigenvalue weighted by molar-refractivity contribution is -0.141. The molecule has 6 nitrogen and oxygen atoms in total. The van der Waals surface area contributed by atoms with E-state index in [1.54, 1.807) is 6.20 Å². The molecule has 1 unspecified atom stereocenters. The summed E-state index contributed by atoms with van der Waals surface area (Å²) in [6, 6.07) is 0.654. The van der Waals surface area contributed by atoms with Crippen LogP contribution in [0.25, 0.3) is 0 Å². The fourth-order valence-electron chi connectivity index (χ4n) is 3.04. The molecule has 0 bridgehead atoms. The van der Waals surface area contributed by atoms with Crippen LogP contribution in [-0.4, -0.2) is 32.7 Å². The molecule has 1 atom stereocenters. The van der Waals surface area contributed by atoms with Gasteiger partial charge < -0.3 is 14.6 Å². The first-order valence-corrected chi connectivity index (χ1v) is 8.09. The zero-order valence-electron chi connectivity index (χ0n) is 14.0. The van der Waals surface area contributed by atoms with E-state index in [4.69, 9.17) is 4.74 Å². The number of anilines is 1. The smallest absolute Gasteiger partial charge is 0.381 e. The molecule has 2 aromatic heterocycles. The third-order valence-corrected chi connectivity index (χ3v) is 4.30. The van der Waals surface area contributed by atoms with Gasteiger partial charge in [-0.15, -0.1) is 0 Å². The van der Waals surface area contributed by atoms with Gasteiger partial charge in [-0.05, 0) is 31.7 Å². The maximum absolute atomic E-state index is 13.0. The van der Waals surface area contributed by atoms with Gasteiger partial charge in [-0.2, -0.15) is 13.2 Å². The molecular weight excluding hydrogens is 335 g/mol. The van der Waals surface area contributed by atoms with Crippen molar-refractivity contribution in [2.45, 2.75) is 32.0 Å². The van der Waals surface area contributed by atoms with E-state index < -0.39 is 11.9 Å². The molecule has 0 amide bonds. The van der Waals surface area contributed by atoms with E-state index in [0.717, 1.165) is 24.7 Å². The Morgan fingerprint density at radius 3 is 2.60 bits per heavy atom. The van der Waals surface area contributed by atoms with Crippen LogP contribution < -0.4 is 5.32 Å². The number of nitrogens with zero attached hydrogens (tertiary/aromatic N) is 4. The van der Waals surface area contributed by atoms with Gasteiger partial charge in [0.05, 0.1) is 6.04 Å². The number of rotatable bonds is 4. The van der Waals surface area contributed by atoms with Gasteiger partial charge in [-0.3, -0.25) is 0 Å². The summed E-state index contributed by atoms with van der Waals surface area (Å²) in [5.74, 6) is 0.880. The summed E-state index contributed by atoms with van der Waals surface area (Å²) in [6.07, 6.45) is 0.551. The molecule has 1 saturated heterocycles. The normalized spacial score (nSPS) is 17.5. The maximum Gasteiger partial charge on any atom is 0.433 e. The van der Waals surface area contributed by atoms with Crippen LogP contribution in [0.15, 0.2) is 18.5 Å². The minimum atomic E-state index is -4.51. The Hall–Kier alpha value is -2.16. The lowest BCUT2D eigenvalue weighted by atomic mass is 9.91. The second-order valence-electron chi connectivity index (χ2n) is 6.18. The Kier molecular flexibility index (Phi) is 4.94. The van der Waals surface area contributed by atoms with Crippen LogP contribution in [0.2, 0.25) is 0 Å². The van der Waals surface area contributed by atoms with E-state index in [9.17, 15) is 13.2 Å². The first-order valence-electron chi connectivity index (χ1n) is 8.09. The molecule has 3 rings (SSSR count). The van der Waals surface area contributed by atoms with Gasteiger partial charge in [0, 0.05) is 38.3 Å². The molecular formula is C16H20F3N5O. The average Bonchev–Trinajstić information content (AvgIpc) is 2.98. The fraction of sp³-hybridized carbons (Fsp3) is 0.562. The highest BCUT2D eigenvalue weighted by atomic mass is 19.4. The Morgan fingerprint density at radius 2 is 2.00 bits per heavy atom. The summed E-state index contributed by atoms with van der Waals surface area (Å²) >= 11 is 0. The minimum absolute atomic E-state index is 0.0354. The average molecular weight is 355 g/mol. The van der Waals surface area contributed by atoms with Gasteiger partial charge >= 0.3 is 6.18 Å². The number of halogens is 3. The van der Waals surface area contributed by atoms with Crippen molar-refractivity contribution >= 4 is 5.95 Å². The molecule has 1 fully saturated rings. The van der Waals surface area contributed by atoms with Gasteiger partial charge in [0.25, 0.3) is 0 Å². The molecule has 3 heterocycles. The molecule has 0 aromatic carbocycles. The van der Waals surface area contributed by atoms with Crippen LogP contribution in [0.1, 0.15) is 36.1 Å². The molecule has 1 aliphatic rings. The number of nitrogens with one attached hydrogen (secondary N) is 1. The van der Waals surface area contributed by atoms with Crippen LogP contribution in [0.5, 0.6) is 0 Å². The second-order valence-corrected chi connectivity index (χ2v) is 6.18. The van der Waals surface area contributed by atoms with Gasteiger partial charge in [-0.1, -0.05) is 0 Å². The van der Waals surface area contributed by atoms with Crippen molar-refractivity contribution in [2.75, 3.05) is 18.5 Å². The number of aromatic nitrogens is 4. The van der Waals surface area contributed by atoms with E-state index in [1.165, 1.54) is 6.92 Å². The van der Waals surface area contributed by atoms with E-state index in [2.05, 4.69) is 20.3 Å². The fourth-order valence-corrected chi connectivity index (χ4v) is 3.04.